The van der Waals surface area contributed by atoms with Gasteiger partial charge in [0, 0.05) is 44.2 Å². The highest BCUT2D eigenvalue weighted by atomic mass is 16.5. The van der Waals surface area contributed by atoms with Crippen LogP contribution < -0.4 is 16.0 Å². The third-order valence-electron chi connectivity index (χ3n) is 9.90. The lowest BCUT2D eigenvalue weighted by Gasteiger charge is -2.29. The first-order valence-corrected chi connectivity index (χ1v) is 20.3. The fourth-order valence-electron chi connectivity index (χ4n) is 6.63. The van der Waals surface area contributed by atoms with Crippen molar-refractivity contribution in [2.24, 2.45) is 11.8 Å². The monoisotopic (exact) mass is 724 g/mol. The first kappa shape index (κ1) is 46.4. The zero-order valence-electron chi connectivity index (χ0n) is 32.0. The molecule has 1 saturated carbocycles. The lowest BCUT2D eigenvalue weighted by molar-refractivity contribution is -0.143. The Kier molecular flexibility index (Phi) is 29.1. The second kappa shape index (κ2) is 32.0. The van der Waals surface area contributed by atoms with Gasteiger partial charge in [0.15, 0.2) is 0 Å². The van der Waals surface area contributed by atoms with E-state index in [4.69, 9.17) is 14.6 Å². The molecule has 2 amide bonds. The van der Waals surface area contributed by atoms with Gasteiger partial charge in [-0.05, 0) is 64.2 Å². The van der Waals surface area contributed by atoms with Crippen molar-refractivity contribution >= 4 is 23.8 Å². The number of carbonyl (C=O) groups excluding carboxylic acids is 2. The normalized spacial score (nSPS) is 16.3. The van der Waals surface area contributed by atoms with Gasteiger partial charge in [-0.15, -0.1) is 0 Å². The Hall–Kier alpha value is -2.66. The minimum atomic E-state index is -1.04. The number of ether oxygens (including phenoxy) is 2. The molecule has 0 heterocycles. The van der Waals surface area contributed by atoms with Gasteiger partial charge < -0.3 is 35.6 Å². The third kappa shape index (κ3) is 27.6. The van der Waals surface area contributed by atoms with Crippen LogP contribution in [-0.4, -0.2) is 79.5 Å². The average molecular weight is 724 g/mol. The van der Waals surface area contributed by atoms with Crippen molar-refractivity contribution in [3.63, 3.8) is 0 Å². The van der Waals surface area contributed by atoms with E-state index in [-0.39, 0.29) is 24.2 Å². The van der Waals surface area contributed by atoms with Gasteiger partial charge in [-0.3, -0.25) is 14.4 Å². The second-order valence-electron chi connectivity index (χ2n) is 14.4. The molecule has 0 aliphatic heterocycles. The maximum atomic E-state index is 12.9. The number of rotatable bonds is 35. The van der Waals surface area contributed by atoms with Crippen molar-refractivity contribution in [2.75, 3.05) is 39.5 Å². The van der Waals surface area contributed by atoms with Crippen LogP contribution in [0.5, 0.6) is 0 Å². The first-order valence-electron chi connectivity index (χ1n) is 20.3. The Morgan fingerprint density at radius 3 is 1.69 bits per heavy atom. The number of nitrogens with one attached hydrogen (secondary N) is 3. The summed E-state index contributed by atoms with van der Waals surface area (Å²) in [7, 11) is 0. The summed E-state index contributed by atoms with van der Waals surface area (Å²) in [6.45, 7) is 9.36. The van der Waals surface area contributed by atoms with E-state index < -0.39 is 18.0 Å². The Balaban J connectivity index is 2.00. The summed E-state index contributed by atoms with van der Waals surface area (Å²) in [4.78, 5) is 47.6. The van der Waals surface area contributed by atoms with Crippen LogP contribution in [0.4, 0.5) is 0 Å². The van der Waals surface area contributed by atoms with Gasteiger partial charge in [-0.25, -0.2) is 4.79 Å². The highest BCUT2D eigenvalue weighted by Crippen LogP contribution is 2.29. The highest BCUT2D eigenvalue weighted by Gasteiger charge is 2.29. The largest absolute Gasteiger partial charge is 0.481 e. The predicted molar refractivity (Wildman–Crippen MR) is 202 cm³/mol. The molecule has 5 N–H and O–H groups in total. The molecule has 0 radical (unpaired) electrons. The van der Waals surface area contributed by atoms with Crippen molar-refractivity contribution in [2.45, 2.75) is 167 Å². The van der Waals surface area contributed by atoms with Gasteiger partial charge in [-0.2, -0.15) is 0 Å². The van der Waals surface area contributed by atoms with Gasteiger partial charge in [-0.1, -0.05) is 96.5 Å². The van der Waals surface area contributed by atoms with Crippen molar-refractivity contribution in [3.05, 3.63) is 12.3 Å². The van der Waals surface area contributed by atoms with Crippen LogP contribution in [0.15, 0.2) is 12.3 Å². The zero-order valence-corrected chi connectivity index (χ0v) is 32.0. The Morgan fingerprint density at radius 1 is 0.667 bits per heavy atom. The molecule has 51 heavy (non-hydrogen) atoms. The molecule has 11 heteroatoms. The number of carboxylic acids is 2. The van der Waals surface area contributed by atoms with Crippen LogP contribution >= 0.6 is 0 Å². The number of hydrogen-bond acceptors (Lipinski definition) is 7. The number of amides is 2. The smallest absolute Gasteiger partial charge is 0.326 e. The summed E-state index contributed by atoms with van der Waals surface area (Å²) in [5, 5.41) is 27.3. The maximum absolute atomic E-state index is 12.9. The van der Waals surface area contributed by atoms with E-state index in [1.165, 1.54) is 70.6 Å². The highest BCUT2D eigenvalue weighted by molar-refractivity contribution is 5.85. The van der Waals surface area contributed by atoms with Crippen LogP contribution in [0.1, 0.15) is 161 Å². The maximum Gasteiger partial charge on any atom is 0.326 e. The second-order valence-corrected chi connectivity index (χ2v) is 14.4. The van der Waals surface area contributed by atoms with E-state index >= 15 is 0 Å². The predicted octanol–water partition coefficient (Wildman–Crippen LogP) is 7.52. The van der Waals surface area contributed by atoms with E-state index in [0.717, 1.165) is 44.9 Å². The molecule has 0 saturated heterocycles. The molecule has 1 aliphatic rings. The molecule has 11 nitrogen and oxygen atoms in total. The number of allylic oxidation sites excluding steroid dienone is 1. The van der Waals surface area contributed by atoms with Gasteiger partial charge in [0.05, 0.1) is 19.8 Å². The van der Waals surface area contributed by atoms with Crippen LogP contribution in [0.3, 0.4) is 0 Å². The molecule has 296 valence electrons. The summed E-state index contributed by atoms with van der Waals surface area (Å²) in [6.07, 6.45) is 23.8. The molecule has 1 fully saturated rings. The van der Waals surface area contributed by atoms with E-state index in [2.05, 4.69) is 22.5 Å². The topological polar surface area (TPSA) is 163 Å². The molecule has 0 bridgehead atoms. The van der Waals surface area contributed by atoms with E-state index in [1.54, 1.807) is 0 Å². The zero-order chi connectivity index (χ0) is 37.4. The van der Waals surface area contributed by atoms with Crippen molar-refractivity contribution in [3.8, 4) is 0 Å². The van der Waals surface area contributed by atoms with Crippen molar-refractivity contribution in [1.29, 1.82) is 0 Å². The summed E-state index contributed by atoms with van der Waals surface area (Å²) in [5.41, 5.74) is 0.715. The van der Waals surface area contributed by atoms with E-state index in [0.29, 0.717) is 83.2 Å². The molecule has 0 aromatic rings. The molecule has 1 unspecified atom stereocenters. The summed E-state index contributed by atoms with van der Waals surface area (Å²) < 4.78 is 10.7. The van der Waals surface area contributed by atoms with Crippen LogP contribution in [0, 0.1) is 11.8 Å². The van der Waals surface area contributed by atoms with Gasteiger partial charge in [0.1, 0.15) is 6.04 Å². The number of carbonyl (C=O) groups is 4. The molecule has 0 spiro atoms. The molecular weight excluding hydrogens is 650 g/mol. The molecule has 1 atom stereocenters. The third-order valence-corrected chi connectivity index (χ3v) is 9.90. The standard InChI is InChI=1S/C40H73N3O8/c1-3-50-30-31-51-29-28-41-33(2)22-27-36(40(48)49)43-39(47)35-25-23-34(24-26-35)32-42-37(44)20-18-16-14-12-10-8-6-4-5-7-9-11-13-15-17-19-21-38(45)46/h34-36,41H,2-32H2,1H3,(H,42,44)(H,43,47)(H,45,46)(H,48,49). The Labute approximate surface area is 308 Å². The lowest BCUT2D eigenvalue weighted by Crippen LogP contribution is -2.45. The molecular formula is C40H73N3O8. The summed E-state index contributed by atoms with van der Waals surface area (Å²) >= 11 is 0. The summed E-state index contributed by atoms with van der Waals surface area (Å²) in [6, 6.07) is -0.956. The number of hydrogen-bond donors (Lipinski definition) is 5. The fraction of sp³-hybridized carbons (Fsp3) is 0.850. The molecule has 0 aromatic carbocycles. The number of carboxylic acid groups (broad SMARTS) is 2. The van der Waals surface area contributed by atoms with Gasteiger partial charge >= 0.3 is 11.9 Å². The minimum Gasteiger partial charge on any atom is -0.481 e. The fourth-order valence-corrected chi connectivity index (χ4v) is 6.63. The summed E-state index contributed by atoms with van der Waals surface area (Å²) in [5.74, 6) is -1.65. The van der Waals surface area contributed by atoms with Gasteiger partial charge in [0.2, 0.25) is 11.8 Å². The Bertz CT molecular complexity index is 939. The quantitative estimate of drug-likeness (QED) is 0.0416. The Morgan fingerprint density at radius 2 is 1.18 bits per heavy atom. The van der Waals surface area contributed by atoms with Gasteiger partial charge in [0.25, 0.3) is 0 Å². The number of aliphatic carboxylic acids is 2. The van der Waals surface area contributed by atoms with E-state index in [9.17, 15) is 24.3 Å². The van der Waals surface area contributed by atoms with E-state index in [1.807, 2.05) is 6.92 Å². The number of unbranched alkanes of at least 4 members (excludes halogenated alkanes) is 15. The first-order chi connectivity index (χ1) is 24.7. The molecule has 0 aromatic heterocycles. The van der Waals surface area contributed by atoms with Crippen LogP contribution in [0.25, 0.3) is 0 Å². The molecule has 1 rings (SSSR count). The van der Waals surface area contributed by atoms with Crippen molar-refractivity contribution in [1.82, 2.24) is 16.0 Å². The average Bonchev–Trinajstić information content (AvgIpc) is 3.11. The molecule has 1 aliphatic carbocycles. The van der Waals surface area contributed by atoms with Crippen LogP contribution in [-0.2, 0) is 28.7 Å². The van der Waals surface area contributed by atoms with Crippen molar-refractivity contribution < 1.29 is 38.9 Å². The van der Waals surface area contributed by atoms with Crippen LogP contribution in [0.2, 0.25) is 0 Å². The SMILES string of the molecule is C=C(CCC(NC(=O)C1CCC(CNC(=O)CCCCCCCCCCCCCCCCCCC(=O)O)CC1)C(=O)O)NCCOCCOCC. The lowest BCUT2D eigenvalue weighted by atomic mass is 9.81. The minimum absolute atomic E-state index is 0.113.